The lowest BCUT2D eigenvalue weighted by Crippen LogP contribution is -2.20. The number of H-pyrrole nitrogens is 1. The number of hydrogen-bond acceptors (Lipinski definition) is 5. The molecule has 0 aromatic carbocycles. The first-order chi connectivity index (χ1) is 7.68. The fourth-order valence-electron chi connectivity index (χ4n) is 1.99. The molecular formula is C9H8N4O3. The van der Waals surface area contributed by atoms with Crippen LogP contribution in [0.3, 0.4) is 0 Å². The smallest absolute Gasteiger partial charge is 0.354 e. The zero-order valence-corrected chi connectivity index (χ0v) is 8.10. The second-order valence-electron chi connectivity index (χ2n) is 3.64. The maximum Gasteiger partial charge on any atom is 0.354 e. The number of carbonyl (C=O) groups is 1. The highest BCUT2D eigenvalue weighted by Gasteiger charge is 2.32. The molecule has 0 amide bonds. The molecule has 0 radical (unpaired) electrons. The summed E-state index contributed by atoms with van der Waals surface area (Å²) in [5.74, 6) is -0.424. The third-order valence-corrected chi connectivity index (χ3v) is 2.69. The minimum Gasteiger partial charge on any atom is -0.477 e. The van der Waals surface area contributed by atoms with Gasteiger partial charge in [0.15, 0.2) is 0 Å². The van der Waals surface area contributed by atoms with E-state index in [0.717, 1.165) is 0 Å². The number of aromatic carboxylic acids is 1. The van der Waals surface area contributed by atoms with Crippen molar-refractivity contribution in [1.29, 1.82) is 0 Å². The van der Waals surface area contributed by atoms with Crippen molar-refractivity contribution in [3.05, 3.63) is 23.2 Å². The van der Waals surface area contributed by atoms with Gasteiger partial charge in [0.25, 0.3) is 0 Å². The highest BCUT2D eigenvalue weighted by atomic mass is 16.5. The SMILES string of the molecule is NC1Cc2oncc2-c2n[nH]c(C(=O)O)c21. The van der Waals surface area contributed by atoms with E-state index < -0.39 is 12.0 Å². The molecule has 0 saturated carbocycles. The Morgan fingerprint density at radius 1 is 1.69 bits per heavy atom. The van der Waals surface area contributed by atoms with Gasteiger partial charge < -0.3 is 15.4 Å². The van der Waals surface area contributed by atoms with E-state index in [1.807, 2.05) is 0 Å². The number of aromatic nitrogens is 3. The molecule has 7 nitrogen and oxygen atoms in total. The molecule has 1 unspecified atom stereocenters. The van der Waals surface area contributed by atoms with Gasteiger partial charge in [-0.1, -0.05) is 5.16 Å². The zero-order chi connectivity index (χ0) is 11.3. The molecule has 0 bridgehead atoms. The van der Waals surface area contributed by atoms with E-state index in [1.165, 1.54) is 6.20 Å². The molecule has 1 aliphatic rings. The summed E-state index contributed by atoms with van der Waals surface area (Å²) in [6.07, 6.45) is 1.95. The molecule has 2 aromatic heterocycles. The lowest BCUT2D eigenvalue weighted by molar-refractivity contribution is 0.0688. The van der Waals surface area contributed by atoms with Crippen molar-refractivity contribution in [1.82, 2.24) is 15.4 Å². The van der Waals surface area contributed by atoms with Crippen LogP contribution in [0.15, 0.2) is 10.7 Å². The van der Waals surface area contributed by atoms with Crippen molar-refractivity contribution in [3.8, 4) is 11.3 Å². The highest BCUT2D eigenvalue weighted by Crippen LogP contribution is 2.37. The molecule has 2 heterocycles. The van der Waals surface area contributed by atoms with Gasteiger partial charge in [0.05, 0.1) is 11.8 Å². The molecule has 16 heavy (non-hydrogen) atoms. The standard InChI is InChI=1S/C9H8N4O3/c10-4-1-5-3(2-11-16-5)7-6(4)8(9(14)15)13-12-7/h2,4H,1,10H2,(H,12,13)(H,14,15). The van der Waals surface area contributed by atoms with Crippen LogP contribution in [0.2, 0.25) is 0 Å². The average molecular weight is 220 g/mol. The van der Waals surface area contributed by atoms with E-state index in [4.69, 9.17) is 15.4 Å². The average Bonchev–Trinajstić information content (AvgIpc) is 2.80. The van der Waals surface area contributed by atoms with Crippen molar-refractivity contribution >= 4 is 5.97 Å². The molecule has 2 aromatic rings. The van der Waals surface area contributed by atoms with Crippen LogP contribution in [-0.4, -0.2) is 26.4 Å². The molecule has 3 rings (SSSR count). The Hall–Kier alpha value is -2.15. The summed E-state index contributed by atoms with van der Waals surface area (Å²) in [4.78, 5) is 11.0. The van der Waals surface area contributed by atoms with Crippen molar-refractivity contribution in [2.24, 2.45) is 5.73 Å². The van der Waals surface area contributed by atoms with Crippen molar-refractivity contribution in [2.75, 3.05) is 0 Å². The molecule has 0 spiro atoms. The van der Waals surface area contributed by atoms with Crippen molar-refractivity contribution in [2.45, 2.75) is 12.5 Å². The summed E-state index contributed by atoms with van der Waals surface area (Å²) in [5, 5.41) is 19.1. The van der Waals surface area contributed by atoms with Gasteiger partial charge in [0, 0.05) is 18.0 Å². The van der Waals surface area contributed by atoms with Crippen LogP contribution in [0.5, 0.6) is 0 Å². The monoisotopic (exact) mass is 220 g/mol. The Kier molecular flexibility index (Phi) is 1.66. The number of aromatic amines is 1. The second-order valence-corrected chi connectivity index (χ2v) is 3.64. The number of nitrogens with one attached hydrogen (secondary N) is 1. The van der Waals surface area contributed by atoms with Gasteiger partial charge in [-0.3, -0.25) is 5.10 Å². The Bertz CT molecular complexity index is 571. The van der Waals surface area contributed by atoms with E-state index >= 15 is 0 Å². The highest BCUT2D eigenvalue weighted by molar-refractivity contribution is 5.90. The third kappa shape index (κ3) is 1.03. The molecule has 0 saturated heterocycles. The number of hydrogen-bond donors (Lipinski definition) is 3. The number of fused-ring (bicyclic) bond motifs is 3. The maximum atomic E-state index is 11.0. The lowest BCUT2D eigenvalue weighted by Gasteiger charge is -2.16. The Balaban J connectivity index is 2.27. The molecule has 0 aliphatic heterocycles. The minimum atomic E-state index is -1.07. The fourth-order valence-corrected chi connectivity index (χ4v) is 1.99. The number of rotatable bonds is 1. The molecule has 1 atom stereocenters. The molecule has 0 fully saturated rings. The molecule has 7 heteroatoms. The van der Waals surface area contributed by atoms with E-state index in [0.29, 0.717) is 29.0 Å². The van der Waals surface area contributed by atoms with Gasteiger partial charge in [-0.25, -0.2) is 4.79 Å². The van der Waals surface area contributed by atoms with Crippen LogP contribution >= 0.6 is 0 Å². The van der Waals surface area contributed by atoms with E-state index in [2.05, 4.69) is 15.4 Å². The zero-order valence-electron chi connectivity index (χ0n) is 8.10. The van der Waals surface area contributed by atoms with Crippen LogP contribution in [0, 0.1) is 0 Å². The van der Waals surface area contributed by atoms with Crippen molar-refractivity contribution < 1.29 is 14.4 Å². The third-order valence-electron chi connectivity index (χ3n) is 2.69. The van der Waals surface area contributed by atoms with Crippen LogP contribution in [0.1, 0.15) is 27.9 Å². The molecule has 4 N–H and O–H groups in total. The number of nitrogens with two attached hydrogens (primary N) is 1. The Morgan fingerprint density at radius 2 is 2.50 bits per heavy atom. The fraction of sp³-hybridized carbons (Fsp3) is 0.222. The first kappa shape index (κ1) is 9.10. The first-order valence-corrected chi connectivity index (χ1v) is 4.69. The van der Waals surface area contributed by atoms with Gasteiger partial charge in [0.2, 0.25) is 0 Å². The number of carboxylic acids is 1. The second kappa shape index (κ2) is 2.92. The van der Waals surface area contributed by atoms with Crippen molar-refractivity contribution in [3.63, 3.8) is 0 Å². The van der Waals surface area contributed by atoms with Gasteiger partial charge in [-0.15, -0.1) is 0 Å². The first-order valence-electron chi connectivity index (χ1n) is 4.69. The number of carboxylic acid groups (broad SMARTS) is 1. The predicted molar refractivity (Wildman–Crippen MR) is 51.7 cm³/mol. The molecular weight excluding hydrogens is 212 g/mol. The summed E-state index contributed by atoms with van der Waals surface area (Å²) in [6.45, 7) is 0. The summed E-state index contributed by atoms with van der Waals surface area (Å²) in [5.41, 5.74) is 7.68. The normalized spacial score (nSPS) is 17.9. The van der Waals surface area contributed by atoms with Gasteiger partial charge >= 0.3 is 5.97 Å². The summed E-state index contributed by atoms with van der Waals surface area (Å²) < 4.78 is 5.02. The van der Waals surface area contributed by atoms with Crippen LogP contribution in [0.25, 0.3) is 11.3 Å². The topological polar surface area (TPSA) is 118 Å². The van der Waals surface area contributed by atoms with E-state index in [1.54, 1.807) is 0 Å². The largest absolute Gasteiger partial charge is 0.477 e. The van der Waals surface area contributed by atoms with E-state index in [-0.39, 0.29) is 5.69 Å². The van der Waals surface area contributed by atoms with Gasteiger partial charge in [-0.2, -0.15) is 5.10 Å². The number of nitrogens with zero attached hydrogens (tertiary/aromatic N) is 2. The molecule has 82 valence electrons. The molecule has 1 aliphatic carbocycles. The summed E-state index contributed by atoms with van der Waals surface area (Å²) >= 11 is 0. The Morgan fingerprint density at radius 3 is 3.25 bits per heavy atom. The van der Waals surface area contributed by atoms with Crippen LogP contribution in [-0.2, 0) is 6.42 Å². The minimum absolute atomic E-state index is 0.0364. The lowest BCUT2D eigenvalue weighted by atomic mass is 9.91. The predicted octanol–water partition coefficient (Wildman–Crippen LogP) is 0.319. The Labute approximate surface area is 89.2 Å². The van der Waals surface area contributed by atoms with Crippen LogP contribution < -0.4 is 5.73 Å². The van der Waals surface area contributed by atoms with Gasteiger partial charge in [-0.05, 0) is 0 Å². The van der Waals surface area contributed by atoms with Crippen LogP contribution in [0.4, 0.5) is 0 Å². The van der Waals surface area contributed by atoms with Gasteiger partial charge in [0.1, 0.15) is 17.1 Å². The maximum absolute atomic E-state index is 11.0. The summed E-state index contributed by atoms with van der Waals surface area (Å²) in [6, 6.07) is -0.430. The van der Waals surface area contributed by atoms with E-state index in [9.17, 15) is 4.79 Å². The quantitative estimate of drug-likeness (QED) is 0.636. The summed E-state index contributed by atoms with van der Waals surface area (Å²) in [7, 11) is 0.